The first kappa shape index (κ1) is 14.1. The summed E-state index contributed by atoms with van der Waals surface area (Å²) >= 11 is 0. The van der Waals surface area contributed by atoms with Gasteiger partial charge in [0.2, 0.25) is 11.8 Å². The molecule has 0 aliphatic carbocycles. The summed E-state index contributed by atoms with van der Waals surface area (Å²) in [5.74, 6) is -2.06. The average molecular weight is 313 g/mol. The standard InChI is InChI=1S/C17H15NO5/c1-17-7-6-11(23-17)12-13(17)15(20)18(14(12)19)10-5-3-4-9(8-10)16(21)22-2/h3-8,11-13H,1-2H3/t11-,12-,13-,17+/m0/s1. The highest BCUT2D eigenvalue weighted by molar-refractivity contribution is 6.23. The molecular weight excluding hydrogens is 298 g/mol. The summed E-state index contributed by atoms with van der Waals surface area (Å²) in [5, 5.41) is 0. The highest BCUT2D eigenvalue weighted by Gasteiger charge is 2.66. The van der Waals surface area contributed by atoms with Crippen molar-refractivity contribution in [2.45, 2.75) is 18.6 Å². The molecule has 1 aromatic carbocycles. The van der Waals surface area contributed by atoms with Gasteiger partial charge in [-0.15, -0.1) is 0 Å². The van der Waals surface area contributed by atoms with Crippen molar-refractivity contribution in [3.8, 4) is 0 Å². The van der Waals surface area contributed by atoms with Gasteiger partial charge in [-0.05, 0) is 25.1 Å². The molecule has 0 unspecified atom stereocenters. The van der Waals surface area contributed by atoms with Crippen LogP contribution in [0.3, 0.4) is 0 Å². The van der Waals surface area contributed by atoms with Crippen molar-refractivity contribution in [1.82, 2.24) is 0 Å². The van der Waals surface area contributed by atoms with Crippen molar-refractivity contribution in [3.63, 3.8) is 0 Å². The van der Waals surface area contributed by atoms with E-state index in [-0.39, 0.29) is 17.9 Å². The summed E-state index contributed by atoms with van der Waals surface area (Å²) in [6.07, 6.45) is 3.36. The Morgan fingerprint density at radius 2 is 2.09 bits per heavy atom. The number of hydrogen-bond acceptors (Lipinski definition) is 5. The quantitative estimate of drug-likeness (QED) is 0.467. The van der Waals surface area contributed by atoms with E-state index in [9.17, 15) is 14.4 Å². The maximum Gasteiger partial charge on any atom is 0.337 e. The Bertz CT molecular complexity index is 770. The molecule has 3 aliphatic rings. The van der Waals surface area contributed by atoms with Gasteiger partial charge < -0.3 is 9.47 Å². The van der Waals surface area contributed by atoms with E-state index < -0.39 is 23.4 Å². The van der Waals surface area contributed by atoms with Crippen LogP contribution in [0.2, 0.25) is 0 Å². The molecule has 1 aromatic rings. The van der Waals surface area contributed by atoms with Crippen molar-refractivity contribution >= 4 is 23.5 Å². The summed E-state index contributed by atoms with van der Waals surface area (Å²) < 4.78 is 10.5. The van der Waals surface area contributed by atoms with Gasteiger partial charge in [-0.1, -0.05) is 18.2 Å². The molecule has 118 valence electrons. The van der Waals surface area contributed by atoms with Gasteiger partial charge in [0.1, 0.15) is 0 Å². The molecule has 2 bridgehead atoms. The number of carbonyl (C=O) groups excluding carboxylic acids is 3. The molecule has 2 saturated heterocycles. The molecule has 2 amide bonds. The molecule has 0 spiro atoms. The first-order valence-electron chi connectivity index (χ1n) is 7.39. The van der Waals surface area contributed by atoms with E-state index in [1.807, 2.05) is 19.1 Å². The highest BCUT2D eigenvalue weighted by Crippen LogP contribution is 2.52. The van der Waals surface area contributed by atoms with Crippen LogP contribution in [0.1, 0.15) is 17.3 Å². The van der Waals surface area contributed by atoms with E-state index in [4.69, 9.17) is 4.74 Å². The molecule has 0 radical (unpaired) electrons. The fourth-order valence-corrected chi connectivity index (χ4v) is 3.80. The van der Waals surface area contributed by atoms with Crippen LogP contribution in [-0.4, -0.2) is 36.6 Å². The summed E-state index contributed by atoms with van der Waals surface area (Å²) in [6.45, 7) is 1.83. The second-order valence-corrected chi connectivity index (χ2v) is 6.18. The van der Waals surface area contributed by atoms with E-state index in [0.717, 1.165) is 0 Å². The van der Waals surface area contributed by atoms with Crippen LogP contribution in [0.5, 0.6) is 0 Å². The van der Waals surface area contributed by atoms with Crippen molar-refractivity contribution < 1.29 is 23.9 Å². The molecule has 4 atom stereocenters. The number of nitrogens with zero attached hydrogens (tertiary/aromatic N) is 1. The molecule has 3 heterocycles. The third kappa shape index (κ3) is 1.75. The van der Waals surface area contributed by atoms with Gasteiger partial charge in [0, 0.05) is 0 Å². The zero-order chi connectivity index (χ0) is 16.4. The third-order valence-corrected chi connectivity index (χ3v) is 4.85. The summed E-state index contributed by atoms with van der Waals surface area (Å²) in [6, 6.07) is 6.35. The number of carbonyl (C=O) groups is 3. The average Bonchev–Trinajstić information content (AvgIpc) is 3.15. The van der Waals surface area contributed by atoms with Crippen LogP contribution in [-0.2, 0) is 19.1 Å². The first-order valence-corrected chi connectivity index (χ1v) is 7.39. The van der Waals surface area contributed by atoms with Gasteiger partial charge in [0.15, 0.2) is 0 Å². The lowest BCUT2D eigenvalue weighted by atomic mass is 9.78. The van der Waals surface area contributed by atoms with Crippen LogP contribution in [0, 0.1) is 11.8 Å². The lowest BCUT2D eigenvalue weighted by molar-refractivity contribution is -0.126. The Balaban J connectivity index is 1.73. The van der Waals surface area contributed by atoms with Crippen molar-refractivity contribution in [1.29, 1.82) is 0 Å². The van der Waals surface area contributed by atoms with Gasteiger partial charge in [0.05, 0.1) is 41.9 Å². The topological polar surface area (TPSA) is 72.9 Å². The SMILES string of the molecule is COC(=O)c1cccc(N2C(=O)[C@H]3[C@@H]4C=C[C@@](C)(O4)[C@@H]3C2=O)c1. The van der Waals surface area contributed by atoms with Gasteiger partial charge in [-0.3, -0.25) is 9.59 Å². The van der Waals surface area contributed by atoms with Gasteiger partial charge >= 0.3 is 5.97 Å². The number of methoxy groups -OCH3 is 1. The van der Waals surface area contributed by atoms with Crippen LogP contribution in [0.25, 0.3) is 0 Å². The van der Waals surface area contributed by atoms with Crippen LogP contribution in [0.15, 0.2) is 36.4 Å². The van der Waals surface area contributed by atoms with Gasteiger partial charge in [-0.2, -0.15) is 0 Å². The minimum atomic E-state index is -0.725. The smallest absolute Gasteiger partial charge is 0.337 e. The van der Waals surface area contributed by atoms with E-state index >= 15 is 0 Å². The number of anilines is 1. The Kier molecular flexibility index (Phi) is 2.78. The number of esters is 1. The predicted octanol–water partition coefficient (Wildman–Crippen LogP) is 1.31. The zero-order valence-electron chi connectivity index (χ0n) is 12.7. The number of hydrogen-bond donors (Lipinski definition) is 0. The Labute approximate surface area is 132 Å². The Morgan fingerprint density at radius 1 is 1.30 bits per heavy atom. The minimum absolute atomic E-state index is 0.278. The van der Waals surface area contributed by atoms with E-state index in [1.54, 1.807) is 18.2 Å². The third-order valence-electron chi connectivity index (χ3n) is 4.85. The fraction of sp³-hybridized carbons (Fsp3) is 0.353. The molecule has 0 aromatic heterocycles. The maximum atomic E-state index is 12.8. The number of rotatable bonds is 2. The Hall–Kier alpha value is -2.47. The molecule has 3 aliphatic heterocycles. The van der Waals surface area contributed by atoms with Crippen molar-refractivity contribution in [3.05, 3.63) is 42.0 Å². The zero-order valence-corrected chi connectivity index (χ0v) is 12.7. The molecule has 6 heteroatoms. The molecule has 4 rings (SSSR count). The van der Waals surface area contributed by atoms with Crippen LogP contribution >= 0.6 is 0 Å². The predicted molar refractivity (Wildman–Crippen MR) is 79.7 cm³/mol. The van der Waals surface area contributed by atoms with Crippen LogP contribution in [0.4, 0.5) is 5.69 Å². The lowest BCUT2D eigenvalue weighted by Gasteiger charge is -2.24. The number of fused-ring (bicyclic) bond motifs is 5. The Morgan fingerprint density at radius 3 is 2.78 bits per heavy atom. The van der Waals surface area contributed by atoms with E-state index in [1.165, 1.54) is 18.1 Å². The second-order valence-electron chi connectivity index (χ2n) is 6.18. The molecule has 2 fully saturated rings. The monoisotopic (exact) mass is 313 g/mol. The van der Waals surface area contributed by atoms with Gasteiger partial charge in [-0.25, -0.2) is 9.69 Å². The van der Waals surface area contributed by atoms with Crippen molar-refractivity contribution in [2.75, 3.05) is 12.0 Å². The molecular formula is C17H15NO5. The fourth-order valence-electron chi connectivity index (χ4n) is 3.80. The summed E-state index contributed by atoms with van der Waals surface area (Å²) in [4.78, 5) is 38.4. The van der Waals surface area contributed by atoms with E-state index in [0.29, 0.717) is 11.3 Å². The normalized spacial score (nSPS) is 34.2. The molecule has 0 N–H and O–H groups in total. The lowest BCUT2D eigenvalue weighted by Crippen LogP contribution is -2.38. The number of ether oxygens (including phenoxy) is 2. The number of benzene rings is 1. The van der Waals surface area contributed by atoms with E-state index in [2.05, 4.69) is 4.74 Å². The van der Waals surface area contributed by atoms with Gasteiger partial charge in [0.25, 0.3) is 0 Å². The van der Waals surface area contributed by atoms with Crippen LogP contribution < -0.4 is 4.90 Å². The molecule has 23 heavy (non-hydrogen) atoms. The van der Waals surface area contributed by atoms with Crippen molar-refractivity contribution in [2.24, 2.45) is 11.8 Å². The molecule has 0 saturated carbocycles. The summed E-state index contributed by atoms with van der Waals surface area (Å²) in [7, 11) is 1.28. The second kappa shape index (κ2) is 4.52. The highest BCUT2D eigenvalue weighted by atomic mass is 16.5. The number of amides is 2. The largest absolute Gasteiger partial charge is 0.465 e. The first-order chi connectivity index (χ1) is 11.0. The maximum absolute atomic E-state index is 12.8. The minimum Gasteiger partial charge on any atom is -0.465 e. The molecule has 6 nitrogen and oxygen atoms in total. The number of imide groups is 1. The summed E-state index contributed by atoms with van der Waals surface area (Å²) in [5.41, 5.74) is -0.0388.